The molecule has 0 saturated carbocycles. The Morgan fingerprint density at radius 3 is 2.44 bits per heavy atom. The van der Waals surface area contributed by atoms with Gasteiger partial charge < -0.3 is 10.2 Å². The van der Waals surface area contributed by atoms with E-state index in [-0.39, 0.29) is 17.2 Å². The van der Waals surface area contributed by atoms with Gasteiger partial charge in [-0.05, 0) is 31.2 Å². The van der Waals surface area contributed by atoms with Gasteiger partial charge in [0.25, 0.3) is 5.91 Å². The van der Waals surface area contributed by atoms with Crippen LogP contribution in [0.5, 0.6) is 0 Å². The summed E-state index contributed by atoms with van der Waals surface area (Å²) >= 11 is 0. The van der Waals surface area contributed by atoms with E-state index in [1.807, 2.05) is 0 Å². The van der Waals surface area contributed by atoms with Crippen molar-refractivity contribution in [3.63, 3.8) is 0 Å². The average Bonchev–Trinajstić information content (AvgIpc) is 2.71. The zero-order valence-corrected chi connectivity index (χ0v) is 17.8. The summed E-state index contributed by atoms with van der Waals surface area (Å²) in [5.41, 5.74) is -3.27. The lowest BCUT2D eigenvalue weighted by molar-refractivity contribution is -0.137. The van der Waals surface area contributed by atoms with Crippen LogP contribution in [0.25, 0.3) is 0 Å². The van der Waals surface area contributed by atoms with Gasteiger partial charge in [-0.15, -0.1) is 0 Å². The van der Waals surface area contributed by atoms with E-state index in [2.05, 4.69) is 15.3 Å². The largest absolute Gasteiger partial charge is 0.417 e. The molecule has 9 nitrogen and oxygen atoms in total. The molecule has 3 heterocycles. The number of hydrogen-bond donors (Lipinski definition) is 2. The summed E-state index contributed by atoms with van der Waals surface area (Å²) in [4.78, 5) is 21.1. The molecule has 1 atom stereocenters. The standard InChI is InChI=1S/C18H18F4N6O3S/c1-17(9-32(30,31)28(3)16(23)27(17)2)14-11(19)5-7-13(25-14)26-15(29)12-6-4-10(8-24-12)18(20,21)22/h4-8,23H,9H2,1-3H3,(H,25,26,29)/t17-/m0/s1. The monoisotopic (exact) mass is 474 g/mol. The first-order valence-electron chi connectivity index (χ1n) is 8.97. The van der Waals surface area contributed by atoms with Crippen LogP contribution in [-0.2, 0) is 21.7 Å². The van der Waals surface area contributed by atoms with Gasteiger partial charge in [0.1, 0.15) is 28.6 Å². The van der Waals surface area contributed by atoms with Gasteiger partial charge in [0.05, 0.1) is 11.3 Å². The highest BCUT2D eigenvalue weighted by molar-refractivity contribution is 7.89. The smallest absolute Gasteiger partial charge is 0.333 e. The van der Waals surface area contributed by atoms with Crippen molar-refractivity contribution < 1.29 is 30.8 Å². The predicted octanol–water partition coefficient (Wildman–Crippen LogP) is 2.24. The molecule has 1 fully saturated rings. The molecule has 0 aromatic carbocycles. The van der Waals surface area contributed by atoms with E-state index in [1.54, 1.807) is 0 Å². The first-order valence-corrected chi connectivity index (χ1v) is 10.6. The number of nitrogens with one attached hydrogen (secondary N) is 2. The Bertz CT molecular complexity index is 1190. The molecule has 1 amide bonds. The third-order valence-corrected chi connectivity index (χ3v) is 7.09. The number of amides is 1. The molecule has 2 aromatic heterocycles. The lowest BCUT2D eigenvalue weighted by Gasteiger charge is -2.46. The Labute approximate surface area is 180 Å². The third-order valence-electron chi connectivity index (χ3n) is 5.16. The molecule has 2 aromatic rings. The van der Waals surface area contributed by atoms with Crippen LogP contribution in [-0.4, -0.2) is 59.3 Å². The van der Waals surface area contributed by atoms with Crippen LogP contribution >= 0.6 is 0 Å². The molecule has 1 aliphatic rings. The second-order valence-corrected chi connectivity index (χ2v) is 9.29. The number of guanidine groups is 1. The van der Waals surface area contributed by atoms with Crippen molar-refractivity contribution in [3.05, 3.63) is 53.2 Å². The van der Waals surface area contributed by atoms with Crippen LogP contribution in [0.15, 0.2) is 30.5 Å². The summed E-state index contributed by atoms with van der Waals surface area (Å²) < 4.78 is 78.2. The topological polar surface area (TPSA) is 119 Å². The number of hydrogen-bond acceptors (Lipinski definition) is 6. The highest BCUT2D eigenvalue weighted by Crippen LogP contribution is 2.35. The Balaban J connectivity index is 1.92. The van der Waals surface area contributed by atoms with Crippen molar-refractivity contribution >= 4 is 27.7 Å². The molecule has 1 saturated heterocycles. The van der Waals surface area contributed by atoms with Gasteiger partial charge in [0.2, 0.25) is 16.0 Å². The molecule has 2 N–H and O–H groups in total. The van der Waals surface area contributed by atoms with Gasteiger partial charge in [0, 0.05) is 20.3 Å². The number of rotatable bonds is 3. The van der Waals surface area contributed by atoms with Crippen LogP contribution < -0.4 is 5.32 Å². The van der Waals surface area contributed by atoms with Gasteiger partial charge in [-0.1, -0.05) is 0 Å². The molecule has 0 bridgehead atoms. The van der Waals surface area contributed by atoms with Crippen LogP contribution in [0.2, 0.25) is 0 Å². The first-order chi connectivity index (χ1) is 14.7. The normalized spacial score (nSPS) is 20.9. The number of halogens is 4. The molecule has 0 spiro atoms. The number of carbonyl (C=O) groups excluding carboxylic acids is 1. The fourth-order valence-electron chi connectivity index (χ4n) is 3.12. The highest BCUT2D eigenvalue weighted by atomic mass is 32.2. The minimum Gasteiger partial charge on any atom is -0.333 e. The molecule has 0 radical (unpaired) electrons. The summed E-state index contributed by atoms with van der Waals surface area (Å²) in [6.45, 7) is 1.39. The maximum absolute atomic E-state index is 14.7. The zero-order valence-electron chi connectivity index (χ0n) is 17.0. The molecule has 1 aliphatic heterocycles. The Hall–Kier alpha value is -3.29. The molecular formula is C18H18F4N6O3S. The van der Waals surface area contributed by atoms with Gasteiger partial charge in [-0.25, -0.2) is 22.1 Å². The van der Waals surface area contributed by atoms with Crippen molar-refractivity contribution in [2.45, 2.75) is 18.6 Å². The van der Waals surface area contributed by atoms with Crippen LogP contribution in [0, 0.1) is 11.2 Å². The van der Waals surface area contributed by atoms with Crippen LogP contribution in [0.3, 0.4) is 0 Å². The third kappa shape index (κ3) is 4.09. The summed E-state index contributed by atoms with van der Waals surface area (Å²) in [6, 6.07) is 3.64. The Morgan fingerprint density at radius 2 is 1.88 bits per heavy atom. The molecule has 32 heavy (non-hydrogen) atoms. The minimum atomic E-state index is -4.61. The van der Waals surface area contributed by atoms with Gasteiger partial charge in [-0.3, -0.25) is 15.2 Å². The first kappa shape index (κ1) is 23.4. The van der Waals surface area contributed by atoms with Gasteiger partial charge in [-0.2, -0.15) is 13.2 Å². The van der Waals surface area contributed by atoms with E-state index in [1.165, 1.54) is 25.9 Å². The summed E-state index contributed by atoms with van der Waals surface area (Å²) in [7, 11) is -1.33. The van der Waals surface area contributed by atoms with E-state index in [0.717, 1.165) is 22.5 Å². The molecule has 0 aliphatic carbocycles. The fraction of sp³-hybridized carbons (Fsp3) is 0.333. The van der Waals surface area contributed by atoms with Crippen LogP contribution in [0.4, 0.5) is 23.4 Å². The van der Waals surface area contributed by atoms with Crippen molar-refractivity contribution in [3.8, 4) is 0 Å². The van der Waals surface area contributed by atoms with Crippen molar-refractivity contribution in [2.75, 3.05) is 25.2 Å². The SMILES string of the molecule is CN1C(=N)N(C)S(=O)(=O)C[C@@]1(C)c1nc(NC(=O)c2ccc(C(F)(F)F)cn2)ccc1F. The number of nitrogens with zero attached hydrogens (tertiary/aromatic N) is 4. The van der Waals surface area contributed by atoms with Crippen LogP contribution in [0.1, 0.15) is 28.7 Å². The Kier molecular flexibility index (Phi) is 5.62. The van der Waals surface area contributed by atoms with E-state index < -0.39 is 50.7 Å². The number of pyridine rings is 2. The lowest BCUT2D eigenvalue weighted by atomic mass is 9.97. The quantitative estimate of drug-likeness (QED) is 0.659. The summed E-state index contributed by atoms with van der Waals surface area (Å²) in [5.74, 6) is -2.92. The maximum Gasteiger partial charge on any atom is 0.417 e. The van der Waals surface area contributed by atoms with Gasteiger partial charge >= 0.3 is 6.18 Å². The molecule has 14 heteroatoms. The lowest BCUT2D eigenvalue weighted by Crippen LogP contribution is -2.61. The molecule has 172 valence electrons. The summed E-state index contributed by atoms with van der Waals surface area (Å²) in [5, 5.41) is 10.3. The van der Waals surface area contributed by atoms with Gasteiger partial charge in [0.15, 0.2) is 0 Å². The fourth-order valence-corrected chi connectivity index (χ4v) is 4.74. The van der Waals surface area contributed by atoms with E-state index in [0.29, 0.717) is 12.3 Å². The number of sulfonamides is 1. The average molecular weight is 474 g/mol. The molecular weight excluding hydrogens is 456 g/mol. The molecule has 0 unspecified atom stereocenters. The number of aromatic nitrogens is 2. The number of anilines is 1. The minimum absolute atomic E-state index is 0.175. The highest BCUT2D eigenvalue weighted by Gasteiger charge is 2.48. The van der Waals surface area contributed by atoms with E-state index in [9.17, 15) is 30.8 Å². The predicted molar refractivity (Wildman–Crippen MR) is 106 cm³/mol. The van der Waals surface area contributed by atoms with E-state index in [4.69, 9.17) is 5.41 Å². The Morgan fingerprint density at radius 1 is 1.22 bits per heavy atom. The summed E-state index contributed by atoms with van der Waals surface area (Å²) in [6.07, 6.45) is -4.11. The zero-order chi connectivity index (χ0) is 24.1. The van der Waals surface area contributed by atoms with E-state index >= 15 is 0 Å². The van der Waals surface area contributed by atoms with Crippen molar-refractivity contribution in [1.82, 2.24) is 19.2 Å². The second-order valence-electron chi connectivity index (χ2n) is 7.29. The molecule has 3 rings (SSSR count). The number of carbonyl (C=O) groups is 1. The maximum atomic E-state index is 14.7. The van der Waals surface area contributed by atoms with Crippen molar-refractivity contribution in [2.24, 2.45) is 0 Å². The van der Waals surface area contributed by atoms with Crippen molar-refractivity contribution in [1.29, 1.82) is 5.41 Å². The number of alkyl halides is 3. The second kappa shape index (κ2) is 7.69.